The Morgan fingerprint density at radius 1 is 1.33 bits per heavy atom. The molecule has 0 bridgehead atoms. The lowest BCUT2D eigenvalue weighted by atomic mass is 10.1. The number of carbonyl (C=O) groups is 2. The van der Waals surface area contributed by atoms with Gasteiger partial charge in [-0.25, -0.2) is 0 Å². The zero-order valence-electron chi connectivity index (χ0n) is 10.1. The average Bonchev–Trinajstić information content (AvgIpc) is 3.06. The van der Waals surface area contributed by atoms with Gasteiger partial charge in [-0.3, -0.25) is 14.3 Å². The van der Waals surface area contributed by atoms with Crippen LogP contribution in [0.25, 0.3) is 0 Å². The summed E-state index contributed by atoms with van der Waals surface area (Å²) in [7, 11) is 0. The van der Waals surface area contributed by atoms with Crippen LogP contribution in [-0.2, 0) is 16.1 Å². The molecule has 1 saturated heterocycles. The van der Waals surface area contributed by atoms with Gasteiger partial charge in [-0.05, 0) is 24.8 Å². The smallest absolute Gasteiger partial charge is 0.243 e. The lowest BCUT2D eigenvalue weighted by Crippen LogP contribution is -2.59. The highest BCUT2D eigenvalue weighted by molar-refractivity contribution is 5.95. The summed E-state index contributed by atoms with van der Waals surface area (Å²) >= 11 is 0. The maximum absolute atomic E-state index is 11.9. The van der Waals surface area contributed by atoms with Crippen molar-refractivity contribution in [2.24, 2.45) is 5.92 Å². The highest BCUT2D eigenvalue weighted by Crippen LogP contribution is 2.36. The van der Waals surface area contributed by atoms with Crippen LogP contribution < -0.4 is 5.32 Å². The molecule has 2 aliphatic rings. The monoisotopic (exact) mass is 248 g/mol. The third-order valence-corrected chi connectivity index (χ3v) is 3.54. The van der Waals surface area contributed by atoms with E-state index in [0.29, 0.717) is 19.0 Å². The maximum Gasteiger partial charge on any atom is 0.243 e. The molecule has 0 aromatic carbocycles. The Morgan fingerprint density at radius 2 is 2.17 bits per heavy atom. The van der Waals surface area contributed by atoms with Gasteiger partial charge in [-0.1, -0.05) is 0 Å². The van der Waals surface area contributed by atoms with E-state index >= 15 is 0 Å². The zero-order valence-corrected chi connectivity index (χ0v) is 10.1. The van der Waals surface area contributed by atoms with Crippen molar-refractivity contribution in [1.29, 1.82) is 0 Å². The van der Waals surface area contributed by atoms with E-state index in [2.05, 4.69) is 10.4 Å². The van der Waals surface area contributed by atoms with Gasteiger partial charge in [0, 0.05) is 18.9 Å². The van der Waals surface area contributed by atoms with Crippen molar-refractivity contribution >= 4 is 11.8 Å². The van der Waals surface area contributed by atoms with E-state index in [1.807, 2.05) is 12.3 Å². The van der Waals surface area contributed by atoms with Gasteiger partial charge < -0.3 is 10.2 Å². The highest BCUT2D eigenvalue weighted by atomic mass is 16.2. The first-order chi connectivity index (χ1) is 8.75. The van der Waals surface area contributed by atoms with E-state index in [4.69, 9.17) is 0 Å². The standard InChI is InChI=1S/C12H16N4O2/c17-10-8-13-12(18)11(9-2-3-9)16(10)7-6-15-5-1-4-14-15/h1,4-5,9,11H,2-3,6-8H2,(H,13,18). The topological polar surface area (TPSA) is 67.2 Å². The highest BCUT2D eigenvalue weighted by Gasteiger charge is 2.44. The molecular weight excluding hydrogens is 232 g/mol. The second-order valence-corrected chi connectivity index (χ2v) is 4.86. The van der Waals surface area contributed by atoms with Crippen LogP contribution in [0.15, 0.2) is 18.5 Å². The molecule has 6 heteroatoms. The van der Waals surface area contributed by atoms with Crippen LogP contribution in [0.1, 0.15) is 12.8 Å². The molecule has 1 unspecified atom stereocenters. The minimum atomic E-state index is -0.262. The Morgan fingerprint density at radius 3 is 2.83 bits per heavy atom. The summed E-state index contributed by atoms with van der Waals surface area (Å²) < 4.78 is 1.78. The molecule has 18 heavy (non-hydrogen) atoms. The number of carbonyl (C=O) groups excluding carboxylic acids is 2. The van der Waals surface area contributed by atoms with Gasteiger partial charge in [0.2, 0.25) is 11.8 Å². The Bertz CT molecular complexity index is 453. The van der Waals surface area contributed by atoms with Crippen molar-refractivity contribution in [3.05, 3.63) is 18.5 Å². The van der Waals surface area contributed by atoms with Crippen molar-refractivity contribution < 1.29 is 9.59 Å². The van der Waals surface area contributed by atoms with Gasteiger partial charge in [-0.15, -0.1) is 0 Å². The maximum atomic E-state index is 11.9. The summed E-state index contributed by atoms with van der Waals surface area (Å²) in [5.74, 6) is 0.364. The SMILES string of the molecule is O=C1NCC(=O)N(CCn2cccn2)C1C1CC1. The Balaban J connectivity index is 1.69. The van der Waals surface area contributed by atoms with Gasteiger partial charge in [0.15, 0.2) is 0 Å². The number of rotatable bonds is 4. The number of aromatic nitrogens is 2. The molecular formula is C12H16N4O2. The van der Waals surface area contributed by atoms with Crippen LogP contribution in [0.3, 0.4) is 0 Å². The largest absolute Gasteiger partial charge is 0.345 e. The summed E-state index contributed by atoms with van der Waals surface area (Å²) in [5, 5.41) is 6.78. The first-order valence-electron chi connectivity index (χ1n) is 6.30. The minimum Gasteiger partial charge on any atom is -0.345 e. The fraction of sp³-hybridized carbons (Fsp3) is 0.583. The van der Waals surface area contributed by atoms with E-state index in [9.17, 15) is 9.59 Å². The number of hydrogen-bond donors (Lipinski definition) is 1. The second-order valence-electron chi connectivity index (χ2n) is 4.86. The van der Waals surface area contributed by atoms with Crippen molar-refractivity contribution in [1.82, 2.24) is 20.0 Å². The molecule has 1 aromatic heterocycles. The van der Waals surface area contributed by atoms with Crippen molar-refractivity contribution in [2.75, 3.05) is 13.1 Å². The zero-order chi connectivity index (χ0) is 12.5. The molecule has 96 valence electrons. The molecule has 2 amide bonds. The average molecular weight is 248 g/mol. The predicted octanol–water partition coefficient (Wildman–Crippen LogP) is -0.380. The van der Waals surface area contributed by atoms with Crippen molar-refractivity contribution in [3.63, 3.8) is 0 Å². The lowest BCUT2D eigenvalue weighted by molar-refractivity contribution is -0.146. The van der Waals surface area contributed by atoms with Crippen molar-refractivity contribution in [3.8, 4) is 0 Å². The first kappa shape index (κ1) is 11.3. The van der Waals surface area contributed by atoms with E-state index < -0.39 is 0 Å². The summed E-state index contributed by atoms with van der Waals surface area (Å²) in [4.78, 5) is 25.5. The van der Waals surface area contributed by atoms with E-state index in [-0.39, 0.29) is 24.4 Å². The summed E-state index contributed by atoms with van der Waals surface area (Å²) in [6, 6.07) is 1.59. The Hall–Kier alpha value is -1.85. The number of amides is 2. The van der Waals surface area contributed by atoms with Crippen LogP contribution in [0, 0.1) is 5.92 Å². The molecule has 0 radical (unpaired) electrons. The lowest BCUT2D eigenvalue weighted by Gasteiger charge is -2.35. The summed E-state index contributed by atoms with van der Waals surface area (Å²) in [6.45, 7) is 1.31. The number of piperazine rings is 1. The van der Waals surface area contributed by atoms with Crippen LogP contribution in [-0.4, -0.2) is 45.6 Å². The molecule has 3 rings (SSSR count). The predicted molar refractivity (Wildman–Crippen MR) is 63.5 cm³/mol. The van der Waals surface area contributed by atoms with Gasteiger partial charge >= 0.3 is 0 Å². The molecule has 2 fully saturated rings. The van der Waals surface area contributed by atoms with E-state index in [1.54, 1.807) is 15.8 Å². The number of nitrogens with zero attached hydrogens (tertiary/aromatic N) is 3. The summed E-state index contributed by atoms with van der Waals surface area (Å²) in [5.41, 5.74) is 0. The van der Waals surface area contributed by atoms with E-state index in [1.165, 1.54) is 0 Å². The first-order valence-corrected chi connectivity index (χ1v) is 6.30. The number of hydrogen-bond acceptors (Lipinski definition) is 3. The van der Waals surface area contributed by atoms with Gasteiger partial charge in [0.1, 0.15) is 6.04 Å². The molecule has 1 aliphatic heterocycles. The van der Waals surface area contributed by atoms with E-state index in [0.717, 1.165) is 12.8 Å². The normalized spacial score (nSPS) is 24.2. The molecule has 6 nitrogen and oxygen atoms in total. The van der Waals surface area contributed by atoms with Gasteiger partial charge in [0.05, 0.1) is 13.1 Å². The fourth-order valence-corrected chi connectivity index (χ4v) is 2.45. The molecule has 1 aliphatic carbocycles. The summed E-state index contributed by atoms with van der Waals surface area (Å²) in [6.07, 6.45) is 5.66. The molecule has 1 atom stereocenters. The Labute approximate surface area is 105 Å². The minimum absolute atomic E-state index is 0.00225. The fourth-order valence-electron chi connectivity index (χ4n) is 2.45. The van der Waals surface area contributed by atoms with Crippen LogP contribution in [0.5, 0.6) is 0 Å². The molecule has 1 saturated carbocycles. The van der Waals surface area contributed by atoms with Gasteiger partial charge in [-0.2, -0.15) is 5.10 Å². The molecule has 2 heterocycles. The van der Waals surface area contributed by atoms with Crippen LogP contribution in [0.2, 0.25) is 0 Å². The third-order valence-electron chi connectivity index (χ3n) is 3.54. The molecule has 1 N–H and O–H groups in total. The number of nitrogens with one attached hydrogen (secondary N) is 1. The second kappa shape index (κ2) is 4.44. The molecule has 1 aromatic rings. The Kier molecular flexibility index (Phi) is 2.77. The van der Waals surface area contributed by atoms with Gasteiger partial charge in [0.25, 0.3) is 0 Å². The van der Waals surface area contributed by atoms with Crippen LogP contribution in [0.4, 0.5) is 0 Å². The quantitative estimate of drug-likeness (QED) is 0.790. The molecule has 0 spiro atoms. The third kappa shape index (κ3) is 2.10. The van der Waals surface area contributed by atoms with Crippen molar-refractivity contribution in [2.45, 2.75) is 25.4 Å². The van der Waals surface area contributed by atoms with Crippen LogP contribution >= 0.6 is 0 Å².